The molecule has 0 amide bonds. The van der Waals surface area contributed by atoms with E-state index in [1.54, 1.807) is 0 Å². The molecule has 82 valence electrons. The zero-order valence-corrected chi connectivity index (χ0v) is 9.46. The van der Waals surface area contributed by atoms with Crippen molar-refractivity contribution in [1.82, 2.24) is 4.57 Å². The number of nitrogens with zero attached hydrogens (tertiary/aromatic N) is 1. The van der Waals surface area contributed by atoms with E-state index < -0.39 is 0 Å². The molecule has 15 heavy (non-hydrogen) atoms. The van der Waals surface area contributed by atoms with Crippen LogP contribution in [0.5, 0.6) is 0 Å². The molecule has 0 bridgehead atoms. The number of esters is 1. The lowest BCUT2D eigenvalue weighted by molar-refractivity contribution is -0.107. The fraction of sp³-hybridized carbons (Fsp3) is 0.455. The molecule has 0 fully saturated rings. The first-order chi connectivity index (χ1) is 7.04. The van der Waals surface area contributed by atoms with Crippen LogP contribution in [0.25, 0.3) is 0 Å². The second-order valence-corrected chi connectivity index (χ2v) is 3.45. The Bertz CT molecular complexity index is 404. The summed E-state index contributed by atoms with van der Waals surface area (Å²) in [5.74, 6) is -0.381. The summed E-state index contributed by atoms with van der Waals surface area (Å²) >= 11 is 0. The Morgan fingerprint density at radius 2 is 2.00 bits per heavy atom. The molecule has 0 aromatic carbocycles. The van der Waals surface area contributed by atoms with Gasteiger partial charge in [0.1, 0.15) is 6.29 Å². The van der Waals surface area contributed by atoms with Gasteiger partial charge in [0.25, 0.3) is 0 Å². The molecule has 1 aromatic heterocycles. The van der Waals surface area contributed by atoms with Gasteiger partial charge < -0.3 is 14.1 Å². The summed E-state index contributed by atoms with van der Waals surface area (Å²) in [6.07, 6.45) is 1.05. The summed E-state index contributed by atoms with van der Waals surface area (Å²) in [6, 6.07) is 0. The molecule has 0 atom stereocenters. The highest BCUT2D eigenvalue weighted by Crippen LogP contribution is 2.22. The monoisotopic (exact) mass is 209 g/mol. The van der Waals surface area contributed by atoms with Crippen molar-refractivity contribution in [1.29, 1.82) is 0 Å². The second kappa shape index (κ2) is 4.29. The molecule has 0 unspecified atom stereocenters. The van der Waals surface area contributed by atoms with Crippen LogP contribution in [0, 0.1) is 13.8 Å². The van der Waals surface area contributed by atoms with Gasteiger partial charge in [-0.25, -0.2) is 4.79 Å². The molecular formula is C11H15NO3. The molecule has 1 rings (SSSR count). The molecule has 0 aliphatic carbocycles. The summed E-state index contributed by atoms with van der Waals surface area (Å²) in [4.78, 5) is 22.1. The minimum atomic E-state index is -0.381. The number of hydrogen-bond acceptors (Lipinski definition) is 3. The molecule has 1 aromatic rings. The van der Waals surface area contributed by atoms with Crippen LogP contribution >= 0.6 is 0 Å². The molecule has 0 aliphatic heterocycles. The highest BCUT2D eigenvalue weighted by molar-refractivity contribution is 5.93. The normalized spacial score (nSPS) is 10.1. The van der Waals surface area contributed by atoms with Crippen molar-refractivity contribution in [3.05, 3.63) is 22.5 Å². The van der Waals surface area contributed by atoms with E-state index in [-0.39, 0.29) is 12.4 Å². The van der Waals surface area contributed by atoms with Crippen molar-refractivity contribution < 1.29 is 14.3 Å². The summed E-state index contributed by atoms with van der Waals surface area (Å²) in [5, 5.41) is 0. The maximum absolute atomic E-state index is 11.5. The van der Waals surface area contributed by atoms with Gasteiger partial charge in [-0.3, -0.25) is 0 Å². The quantitative estimate of drug-likeness (QED) is 0.554. The number of hydrogen-bond donors (Lipinski definition) is 0. The van der Waals surface area contributed by atoms with Crippen LogP contribution in [0.2, 0.25) is 0 Å². The molecule has 0 radical (unpaired) electrons. The van der Waals surface area contributed by atoms with Crippen LogP contribution in [-0.4, -0.2) is 23.9 Å². The molecule has 0 saturated carbocycles. The Labute approximate surface area is 88.8 Å². The van der Waals surface area contributed by atoms with Crippen molar-refractivity contribution >= 4 is 12.3 Å². The molecule has 0 N–H and O–H groups in total. The first kappa shape index (κ1) is 11.5. The van der Waals surface area contributed by atoms with Gasteiger partial charge in [0, 0.05) is 24.9 Å². The number of ether oxygens (including phenoxy) is 1. The number of aromatic nitrogens is 1. The van der Waals surface area contributed by atoms with Crippen LogP contribution in [0.1, 0.15) is 27.3 Å². The van der Waals surface area contributed by atoms with Crippen molar-refractivity contribution in [2.45, 2.75) is 20.3 Å². The largest absolute Gasteiger partial charge is 0.465 e. The highest BCUT2D eigenvalue weighted by atomic mass is 16.5. The van der Waals surface area contributed by atoms with Gasteiger partial charge in [0.05, 0.1) is 12.7 Å². The van der Waals surface area contributed by atoms with Crippen LogP contribution in [0.3, 0.4) is 0 Å². The van der Waals surface area contributed by atoms with E-state index in [2.05, 4.69) is 0 Å². The average molecular weight is 209 g/mol. The summed E-state index contributed by atoms with van der Waals surface area (Å²) in [7, 11) is 3.21. The predicted octanol–water partition coefficient (Wildman–Crippen LogP) is 1.17. The predicted molar refractivity (Wildman–Crippen MR) is 56.0 cm³/mol. The van der Waals surface area contributed by atoms with Crippen LogP contribution in [-0.2, 0) is 23.0 Å². The molecule has 1 heterocycles. The van der Waals surface area contributed by atoms with Crippen LogP contribution < -0.4 is 0 Å². The van der Waals surface area contributed by atoms with Gasteiger partial charge in [0.2, 0.25) is 0 Å². The van der Waals surface area contributed by atoms with Crippen molar-refractivity contribution in [3.8, 4) is 0 Å². The number of methoxy groups -OCH3 is 1. The minimum Gasteiger partial charge on any atom is -0.465 e. The van der Waals surface area contributed by atoms with Gasteiger partial charge in [0.15, 0.2) is 0 Å². The number of carbonyl (C=O) groups is 2. The standard InChI is InChI=1S/C11H15NO3/c1-7-9(5-6-13)10(11(14)15-4)8(2)12(7)3/h6H,5H2,1-4H3. The highest BCUT2D eigenvalue weighted by Gasteiger charge is 2.21. The van der Waals surface area contributed by atoms with Gasteiger partial charge >= 0.3 is 5.97 Å². The molecule has 0 spiro atoms. The lowest BCUT2D eigenvalue weighted by atomic mass is 10.1. The van der Waals surface area contributed by atoms with E-state index in [0.29, 0.717) is 5.56 Å². The molecule has 4 heteroatoms. The van der Waals surface area contributed by atoms with Crippen molar-refractivity contribution in [3.63, 3.8) is 0 Å². The van der Waals surface area contributed by atoms with E-state index in [0.717, 1.165) is 23.2 Å². The van der Waals surface area contributed by atoms with Gasteiger partial charge in [-0.15, -0.1) is 0 Å². The zero-order valence-electron chi connectivity index (χ0n) is 9.46. The Kier molecular flexibility index (Phi) is 3.29. The maximum Gasteiger partial charge on any atom is 0.339 e. The Hall–Kier alpha value is -1.58. The summed E-state index contributed by atoms with van der Waals surface area (Å²) < 4.78 is 6.60. The maximum atomic E-state index is 11.5. The first-order valence-electron chi connectivity index (χ1n) is 4.71. The molecule has 4 nitrogen and oxygen atoms in total. The van der Waals surface area contributed by atoms with Crippen LogP contribution in [0.4, 0.5) is 0 Å². The minimum absolute atomic E-state index is 0.248. The second-order valence-electron chi connectivity index (χ2n) is 3.45. The van der Waals surface area contributed by atoms with E-state index in [4.69, 9.17) is 4.74 Å². The fourth-order valence-corrected chi connectivity index (χ4v) is 1.73. The van der Waals surface area contributed by atoms with Gasteiger partial charge in [-0.1, -0.05) is 0 Å². The van der Waals surface area contributed by atoms with E-state index in [1.807, 2.05) is 25.5 Å². The lowest BCUT2D eigenvalue weighted by Gasteiger charge is -2.01. The molecule has 0 saturated heterocycles. The van der Waals surface area contributed by atoms with Crippen LogP contribution in [0.15, 0.2) is 0 Å². The fourth-order valence-electron chi connectivity index (χ4n) is 1.73. The smallest absolute Gasteiger partial charge is 0.339 e. The van der Waals surface area contributed by atoms with E-state index in [1.165, 1.54) is 7.11 Å². The number of carbonyl (C=O) groups excluding carboxylic acids is 2. The van der Waals surface area contributed by atoms with Crippen molar-refractivity contribution in [2.75, 3.05) is 7.11 Å². The molecule has 0 aliphatic rings. The summed E-state index contributed by atoms with van der Waals surface area (Å²) in [5.41, 5.74) is 3.04. The van der Waals surface area contributed by atoms with Crippen molar-refractivity contribution in [2.24, 2.45) is 7.05 Å². The van der Waals surface area contributed by atoms with Gasteiger partial charge in [-0.2, -0.15) is 0 Å². The third-order valence-electron chi connectivity index (χ3n) is 2.78. The third-order valence-corrected chi connectivity index (χ3v) is 2.78. The van der Waals surface area contributed by atoms with E-state index >= 15 is 0 Å². The SMILES string of the molecule is COC(=O)c1c(CC=O)c(C)n(C)c1C. The number of rotatable bonds is 3. The topological polar surface area (TPSA) is 48.3 Å². The van der Waals surface area contributed by atoms with Gasteiger partial charge in [-0.05, 0) is 19.4 Å². The zero-order chi connectivity index (χ0) is 11.6. The lowest BCUT2D eigenvalue weighted by Crippen LogP contribution is -2.06. The van der Waals surface area contributed by atoms with E-state index in [9.17, 15) is 9.59 Å². The Balaban J connectivity index is 3.39. The Morgan fingerprint density at radius 3 is 2.47 bits per heavy atom. The Morgan fingerprint density at radius 1 is 1.40 bits per heavy atom. The third kappa shape index (κ3) is 1.79. The first-order valence-corrected chi connectivity index (χ1v) is 4.71. The average Bonchev–Trinajstić information content (AvgIpc) is 2.44. The summed E-state index contributed by atoms with van der Waals surface area (Å²) in [6.45, 7) is 3.73. The molecular weight excluding hydrogens is 194 g/mol. The number of aldehydes is 1.